The summed E-state index contributed by atoms with van der Waals surface area (Å²) >= 11 is 0. The van der Waals surface area contributed by atoms with Gasteiger partial charge >= 0.3 is 0 Å². The number of hydrogen-bond acceptors (Lipinski definition) is 3. The molecule has 0 aromatic heterocycles. The Hall–Kier alpha value is -1.61. The average molecular weight is 259 g/mol. The molecule has 0 aliphatic heterocycles. The van der Waals surface area contributed by atoms with Crippen LogP contribution in [0.2, 0.25) is 0 Å². The molecule has 1 aromatic rings. The second-order valence-electron chi connectivity index (χ2n) is 5.09. The van der Waals surface area contributed by atoms with Crippen LogP contribution < -0.4 is 5.73 Å². The van der Waals surface area contributed by atoms with Crippen molar-refractivity contribution in [3.8, 4) is 0 Å². The maximum atomic E-state index is 12.1. The summed E-state index contributed by atoms with van der Waals surface area (Å²) in [5.41, 5.74) is 6.92. The third kappa shape index (κ3) is 3.04. The van der Waals surface area contributed by atoms with Gasteiger partial charge in [-0.2, -0.15) is 0 Å². The molecule has 0 spiro atoms. The van der Waals surface area contributed by atoms with Gasteiger partial charge in [0.15, 0.2) is 5.78 Å². The van der Waals surface area contributed by atoms with E-state index >= 15 is 0 Å². The first kappa shape index (κ1) is 13.8. The molecule has 3 nitrogen and oxygen atoms in total. The van der Waals surface area contributed by atoms with Gasteiger partial charge < -0.3 is 10.5 Å². The van der Waals surface area contributed by atoms with E-state index in [0.29, 0.717) is 11.3 Å². The zero-order chi connectivity index (χ0) is 13.7. The van der Waals surface area contributed by atoms with E-state index in [0.717, 1.165) is 25.7 Å². The molecule has 2 rings (SSSR count). The van der Waals surface area contributed by atoms with Crippen LogP contribution in [0.1, 0.15) is 42.5 Å². The Bertz CT molecular complexity index is 459. The van der Waals surface area contributed by atoms with Crippen LogP contribution in [0.25, 0.3) is 0 Å². The Kier molecular flexibility index (Phi) is 4.38. The van der Waals surface area contributed by atoms with Gasteiger partial charge in [0, 0.05) is 24.4 Å². The lowest BCUT2D eigenvalue weighted by Gasteiger charge is -2.36. The third-order valence-electron chi connectivity index (χ3n) is 3.92. The fourth-order valence-corrected chi connectivity index (χ4v) is 2.69. The van der Waals surface area contributed by atoms with E-state index in [1.807, 2.05) is 18.2 Å². The first-order valence-electron chi connectivity index (χ1n) is 6.80. The highest BCUT2D eigenvalue weighted by molar-refractivity contribution is 6.04. The largest absolute Gasteiger partial charge is 0.400 e. The molecular weight excluding hydrogens is 238 g/mol. The van der Waals surface area contributed by atoms with Crippen molar-refractivity contribution in [2.75, 3.05) is 7.11 Å². The summed E-state index contributed by atoms with van der Waals surface area (Å²) in [4.78, 5) is 12.1. The molecule has 0 unspecified atom stereocenters. The summed E-state index contributed by atoms with van der Waals surface area (Å²) in [6.45, 7) is 0. The number of ether oxygens (including phenoxy) is 1. The second-order valence-corrected chi connectivity index (χ2v) is 5.09. The predicted octanol–water partition coefficient (Wildman–Crippen LogP) is 3.06. The molecule has 1 fully saturated rings. The van der Waals surface area contributed by atoms with Gasteiger partial charge in [0.05, 0.1) is 0 Å². The molecule has 0 amide bonds. The minimum atomic E-state index is -0.442. The highest BCUT2D eigenvalue weighted by Crippen LogP contribution is 2.35. The van der Waals surface area contributed by atoms with Crippen LogP contribution in [-0.2, 0) is 4.74 Å². The normalized spacial score (nSPS) is 19.1. The fraction of sp³-hybridized carbons (Fsp3) is 0.438. The van der Waals surface area contributed by atoms with Gasteiger partial charge in [0.1, 0.15) is 5.60 Å². The van der Waals surface area contributed by atoms with E-state index in [-0.39, 0.29) is 5.78 Å². The highest BCUT2D eigenvalue weighted by atomic mass is 16.5. The van der Waals surface area contributed by atoms with Gasteiger partial charge in [-0.25, -0.2) is 0 Å². The Labute approximate surface area is 114 Å². The average Bonchev–Trinajstić information content (AvgIpc) is 2.48. The summed E-state index contributed by atoms with van der Waals surface area (Å²) in [5, 5.41) is 0. The Balaban J connectivity index is 2.19. The number of carbonyl (C=O) groups excluding carboxylic acids is 1. The van der Waals surface area contributed by atoms with E-state index in [4.69, 9.17) is 10.5 Å². The topological polar surface area (TPSA) is 52.3 Å². The van der Waals surface area contributed by atoms with Gasteiger partial charge in [0.25, 0.3) is 0 Å². The van der Waals surface area contributed by atoms with Gasteiger partial charge in [0.2, 0.25) is 0 Å². The molecular formula is C16H21NO2. The molecule has 1 aliphatic rings. The number of hydrogen-bond donors (Lipinski definition) is 1. The summed E-state index contributed by atoms with van der Waals surface area (Å²) in [6.07, 6.45) is 6.74. The SMILES string of the molecule is COC1(C(N)=CC(=O)c2ccccc2)CCCCC1. The van der Waals surface area contributed by atoms with Crippen molar-refractivity contribution >= 4 is 5.78 Å². The maximum Gasteiger partial charge on any atom is 0.187 e. The lowest BCUT2D eigenvalue weighted by molar-refractivity contribution is -0.00924. The molecule has 19 heavy (non-hydrogen) atoms. The molecule has 2 N–H and O–H groups in total. The molecule has 0 atom stereocenters. The van der Waals surface area contributed by atoms with Crippen molar-refractivity contribution in [3.05, 3.63) is 47.7 Å². The maximum absolute atomic E-state index is 12.1. The number of rotatable bonds is 4. The zero-order valence-corrected chi connectivity index (χ0v) is 11.4. The van der Waals surface area contributed by atoms with Gasteiger partial charge in [-0.05, 0) is 12.8 Å². The summed E-state index contributed by atoms with van der Waals surface area (Å²) in [5.74, 6) is -0.0555. The van der Waals surface area contributed by atoms with Crippen LogP contribution in [0.5, 0.6) is 0 Å². The van der Waals surface area contributed by atoms with Crippen molar-refractivity contribution in [2.24, 2.45) is 5.73 Å². The molecule has 0 heterocycles. The first-order chi connectivity index (χ1) is 9.18. The van der Waals surface area contributed by atoms with Gasteiger partial charge in [-0.1, -0.05) is 49.6 Å². The Morgan fingerprint density at radius 2 is 1.84 bits per heavy atom. The van der Waals surface area contributed by atoms with Crippen molar-refractivity contribution < 1.29 is 9.53 Å². The highest BCUT2D eigenvalue weighted by Gasteiger charge is 2.34. The van der Waals surface area contributed by atoms with Crippen LogP contribution in [0, 0.1) is 0 Å². The van der Waals surface area contributed by atoms with E-state index in [1.54, 1.807) is 19.2 Å². The van der Waals surface area contributed by atoms with Crippen LogP contribution in [0.4, 0.5) is 0 Å². The van der Waals surface area contributed by atoms with Crippen LogP contribution in [-0.4, -0.2) is 18.5 Å². The lowest BCUT2D eigenvalue weighted by Crippen LogP contribution is -2.40. The van der Waals surface area contributed by atoms with Crippen molar-refractivity contribution in [1.29, 1.82) is 0 Å². The number of allylic oxidation sites excluding steroid dienone is 1. The molecule has 1 aromatic carbocycles. The third-order valence-corrected chi connectivity index (χ3v) is 3.92. The predicted molar refractivity (Wildman–Crippen MR) is 75.9 cm³/mol. The summed E-state index contributed by atoms with van der Waals surface area (Å²) < 4.78 is 5.63. The minimum Gasteiger partial charge on any atom is -0.400 e. The lowest BCUT2D eigenvalue weighted by atomic mass is 9.81. The second kappa shape index (κ2) is 6.02. The van der Waals surface area contributed by atoms with Crippen LogP contribution in [0.3, 0.4) is 0 Å². The van der Waals surface area contributed by atoms with E-state index in [2.05, 4.69) is 0 Å². The molecule has 0 bridgehead atoms. The van der Waals surface area contributed by atoms with Crippen molar-refractivity contribution in [2.45, 2.75) is 37.7 Å². The summed E-state index contributed by atoms with van der Waals surface area (Å²) in [7, 11) is 1.68. The standard InChI is InChI=1S/C16H21NO2/c1-19-16(10-6-3-7-11-16)15(17)12-14(18)13-8-4-2-5-9-13/h2,4-5,8-9,12H,3,6-7,10-11,17H2,1H3. The number of carbonyl (C=O) groups is 1. The fourth-order valence-electron chi connectivity index (χ4n) is 2.69. The molecule has 102 valence electrons. The molecule has 0 saturated heterocycles. The number of benzene rings is 1. The first-order valence-corrected chi connectivity index (χ1v) is 6.80. The summed E-state index contributed by atoms with van der Waals surface area (Å²) in [6, 6.07) is 9.19. The van der Waals surface area contributed by atoms with Gasteiger partial charge in [-0.3, -0.25) is 4.79 Å². The smallest absolute Gasteiger partial charge is 0.187 e. The zero-order valence-electron chi connectivity index (χ0n) is 11.4. The van der Waals surface area contributed by atoms with Crippen LogP contribution in [0.15, 0.2) is 42.1 Å². The Morgan fingerprint density at radius 3 is 2.42 bits per heavy atom. The monoisotopic (exact) mass is 259 g/mol. The van der Waals surface area contributed by atoms with Crippen molar-refractivity contribution in [1.82, 2.24) is 0 Å². The van der Waals surface area contributed by atoms with Gasteiger partial charge in [-0.15, -0.1) is 0 Å². The van der Waals surface area contributed by atoms with E-state index in [9.17, 15) is 4.79 Å². The molecule has 3 heteroatoms. The minimum absolute atomic E-state index is 0.0555. The van der Waals surface area contributed by atoms with Crippen molar-refractivity contribution in [3.63, 3.8) is 0 Å². The number of ketones is 1. The molecule has 1 saturated carbocycles. The molecule has 1 aliphatic carbocycles. The number of methoxy groups -OCH3 is 1. The van der Waals surface area contributed by atoms with E-state index in [1.165, 1.54) is 12.5 Å². The molecule has 0 radical (unpaired) electrons. The van der Waals surface area contributed by atoms with E-state index < -0.39 is 5.60 Å². The van der Waals surface area contributed by atoms with Crippen LogP contribution >= 0.6 is 0 Å². The Morgan fingerprint density at radius 1 is 1.21 bits per heavy atom. The number of nitrogens with two attached hydrogens (primary N) is 1. The quantitative estimate of drug-likeness (QED) is 0.668.